The van der Waals surface area contributed by atoms with Crippen LogP contribution in [0.4, 0.5) is 0 Å². The Balaban J connectivity index is 2.43. The van der Waals surface area contributed by atoms with Crippen LogP contribution >= 0.6 is 22.9 Å². The molecular formula is C12H9ClO3S. The van der Waals surface area contributed by atoms with Crippen LogP contribution in [0, 0.1) is 0 Å². The quantitative estimate of drug-likeness (QED) is 0.899. The molecule has 0 fully saturated rings. The van der Waals surface area contributed by atoms with E-state index in [1.54, 1.807) is 30.3 Å². The van der Waals surface area contributed by atoms with E-state index in [4.69, 9.17) is 16.7 Å². The first-order chi connectivity index (χ1) is 8.09. The lowest BCUT2D eigenvalue weighted by Gasteiger charge is -2.11. The molecule has 1 aromatic carbocycles. The van der Waals surface area contributed by atoms with E-state index in [1.165, 1.54) is 17.4 Å². The molecule has 1 atom stereocenters. The van der Waals surface area contributed by atoms with Crippen molar-refractivity contribution in [3.63, 3.8) is 0 Å². The number of rotatable bonds is 3. The average Bonchev–Trinajstić information content (AvgIpc) is 2.75. The third-order valence-electron chi connectivity index (χ3n) is 2.35. The van der Waals surface area contributed by atoms with Crippen molar-refractivity contribution in [1.29, 1.82) is 0 Å². The Morgan fingerprint density at radius 2 is 1.94 bits per heavy atom. The lowest BCUT2D eigenvalue weighted by atomic mass is 10.0. The molecule has 2 N–H and O–H groups in total. The maximum Gasteiger partial charge on any atom is 0.336 e. The fourth-order valence-corrected chi connectivity index (χ4v) is 2.62. The van der Waals surface area contributed by atoms with Crippen molar-refractivity contribution in [3.8, 4) is 0 Å². The summed E-state index contributed by atoms with van der Waals surface area (Å²) in [5, 5.41) is 19.2. The molecule has 0 radical (unpaired) electrons. The highest BCUT2D eigenvalue weighted by Crippen LogP contribution is 2.32. The molecular weight excluding hydrogens is 260 g/mol. The molecule has 1 aromatic heterocycles. The lowest BCUT2D eigenvalue weighted by Crippen LogP contribution is -2.06. The number of thiophene rings is 1. The van der Waals surface area contributed by atoms with Crippen molar-refractivity contribution in [2.75, 3.05) is 0 Å². The molecule has 0 amide bonds. The van der Waals surface area contributed by atoms with E-state index in [0.717, 1.165) is 0 Å². The molecule has 3 nitrogen and oxygen atoms in total. The molecule has 0 bridgehead atoms. The highest BCUT2D eigenvalue weighted by atomic mass is 35.5. The molecule has 0 spiro atoms. The van der Waals surface area contributed by atoms with Gasteiger partial charge in [-0.25, -0.2) is 4.79 Å². The van der Waals surface area contributed by atoms with Gasteiger partial charge < -0.3 is 10.2 Å². The molecule has 5 heteroatoms. The van der Waals surface area contributed by atoms with Crippen LogP contribution < -0.4 is 0 Å². The van der Waals surface area contributed by atoms with Gasteiger partial charge >= 0.3 is 5.97 Å². The van der Waals surface area contributed by atoms with Gasteiger partial charge in [0, 0.05) is 10.4 Å². The molecule has 2 aromatic rings. The van der Waals surface area contributed by atoms with E-state index >= 15 is 0 Å². The fraction of sp³-hybridized carbons (Fsp3) is 0.0833. The van der Waals surface area contributed by atoms with Crippen molar-refractivity contribution in [2.45, 2.75) is 6.10 Å². The average molecular weight is 269 g/mol. The molecule has 1 heterocycles. The number of aromatic carboxylic acids is 1. The summed E-state index contributed by atoms with van der Waals surface area (Å²) in [6, 6.07) is 9.75. The summed E-state index contributed by atoms with van der Waals surface area (Å²) in [5.41, 5.74) is 0.475. The van der Waals surface area contributed by atoms with Crippen molar-refractivity contribution < 1.29 is 15.0 Å². The monoisotopic (exact) mass is 268 g/mol. The number of halogens is 1. The maximum absolute atomic E-state index is 11.0. The van der Waals surface area contributed by atoms with Gasteiger partial charge in [-0.1, -0.05) is 29.8 Å². The summed E-state index contributed by atoms with van der Waals surface area (Å²) in [7, 11) is 0. The van der Waals surface area contributed by atoms with E-state index in [1.807, 2.05) is 0 Å². The lowest BCUT2D eigenvalue weighted by molar-refractivity contribution is 0.0691. The summed E-state index contributed by atoms with van der Waals surface area (Å²) < 4.78 is 0.562. The van der Waals surface area contributed by atoms with Crippen LogP contribution in [-0.4, -0.2) is 16.2 Å². The van der Waals surface area contributed by atoms with Gasteiger partial charge in [0.05, 0.1) is 9.90 Å². The number of hydrogen-bond acceptors (Lipinski definition) is 3. The first-order valence-corrected chi connectivity index (χ1v) is 6.04. The van der Waals surface area contributed by atoms with Crippen LogP contribution in [0.5, 0.6) is 0 Å². The minimum Gasteiger partial charge on any atom is -0.478 e. The highest BCUT2D eigenvalue weighted by molar-refractivity contribution is 7.16. The molecule has 2 rings (SSSR count). The molecule has 0 aliphatic rings. The zero-order valence-corrected chi connectivity index (χ0v) is 10.2. The van der Waals surface area contributed by atoms with Crippen LogP contribution in [0.25, 0.3) is 0 Å². The van der Waals surface area contributed by atoms with Gasteiger partial charge in [0.2, 0.25) is 0 Å². The van der Waals surface area contributed by atoms with E-state index in [2.05, 4.69) is 0 Å². The van der Waals surface area contributed by atoms with Gasteiger partial charge in [0.1, 0.15) is 6.10 Å². The van der Waals surface area contributed by atoms with E-state index in [9.17, 15) is 9.90 Å². The zero-order chi connectivity index (χ0) is 12.4. The second-order valence-electron chi connectivity index (χ2n) is 3.44. The van der Waals surface area contributed by atoms with E-state index < -0.39 is 12.1 Å². The van der Waals surface area contributed by atoms with Gasteiger partial charge in [-0.15, -0.1) is 11.3 Å². The Morgan fingerprint density at radius 1 is 1.24 bits per heavy atom. The standard InChI is InChI=1S/C12H9ClO3S/c13-10-6-5-9(17-10)11(14)7-3-1-2-4-8(7)12(15)16/h1-6,11,14H,(H,15,16). The predicted molar refractivity (Wildman–Crippen MR) is 66.8 cm³/mol. The van der Waals surface area contributed by atoms with Crippen molar-refractivity contribution in [1.82, 2.24) is 0 Å². The fourth-order valence-electron chi connectivity index (χ4n) is 1.56. The minimum absolute atomic E-state index is 0.101. The van der Waals surface area contributed by atoms with Gasteiger partial charge in [-0.3, -0.25) is 0 Å². The molecule has 0 aliphatic carbocycles. The normalized spacial score (nSPS) is 12.4. The number of benzene rings is 1. The number of carbonyl (C=O) groups is 1. The first kappa shape index (κ1) is 12.1. The van der Waals surface area contributed by atoms with Crippen LogP contribution in [0.1, 0.15) is 26.9 Å². The number of carboxylic acid groups (broad SMARTS) is 1. The SMILES string of the molecule is O=C(O)c1ccccc1C(O)c1ccc(Cl)s1. The van der Waals surface area contributed by atoms with Crippen molar-refractivity contribution in [3.05, 3.63) is 56.7 Å². The summed E-state index contributed by atoms with van der Waals surface area (Å²) in [6.07, 6.45) is -0.959. The Morgan fingerprint density at radius 3 is 2.53 bits per heavy atom. The summed E-state index contributed by atoms with van der Waals surface area (Å²) in [4.78, 5) is 11.7. The van der Waals surface area contributed by atoms with Crippen LogP contribution in [0.15, 0.2) is 36.4 Å². The van der Waals surface area contributed by atoms with Gasteiger partial charge in [-0.05, 0) is 18.2 Å². The Labute approximate surface area is 107 Å². The highest BCUT2D eigenvalue weighted by Gasteiger charge is 2.19. The van der Waals surface area contributed by atoms with E-state index in [-0.39, 0.29) is 5.56 Å². The summed E-state index contributed by atoms with van der Waals surface area (Å²) in [5.74, 6) is -1.05. The summed E-state index contributed by atoms with van der Waals surface area (Å²) in [6.45, 7) is 0. The number of hydrogen-bond donors (Lipinski definition) is 2. The third-order valence-corrected chi connectivity index (χ3v) is 3.63. The van der Waals surface area contributed by atoms with Gasteiger partial charge in [-0.2, -0.15) is 0 Å². The smallest absolute Gasteiger partial charge is 0.336 e. The second-order valence-corrected chi connectivity index (χ2v) is 5.18. The van der Waals surface area contributed by atoms with Crippen molar-refractivity contribution >= 4 is 28.9 Å². The van der Waals surface area contributed by atoms with E-state index in [0.29, 0.717) is 14.8 Å². The molecule has 0 saturated carbocycles. The van der Waals surface area contributed by atoms with Crippen LogP contribution in [0.2, 0.25) is 4.34 Å². The maximum atomic E-state index is 11.0. The predicted octanol–water partition coefficient (Wildman–Crippen LogP) is 3.18. The molecule has 88 valence electrons. The van der Waals surface area contributed by atoms with Gasteiger partial charge in [0.15, 0.2) is 0 Å². The Kier molecular flexibility index (Phi) is 3.47. The minimum atomic E-state index is -1.05. The molecule has 0 saturated heterocycles. The summed E-state index contributed by atoms with van der Waals surface area (Å²) >= 11 is 7.02. The Hall–Kier alpha value is -1.36. The molecule has 17 heavy (non-hydrogen) atoms. The zero-order valence-electron chi connectivity index (χ0n) is 8.63. The van der Waals surface area contributed by atoms with Gasteiger partial charge in [0.25, 0.3) is 0 Å². The van der Waals surface area contributed by atoms with Crippen LogP contribution in [0.3, 0.4) is 0 Å². The second kappa shape index (κ2) is 4.87. The number of aliphatic hydroxyl groups excluding tert-OH is 1. The Bertz CT molecular complexity index is 550. The first-order valence-electron chi connectivity index (χ1n) is 4.85. The third kappa shape index (κ3) is 2.49. The molecule has 0 aliphatic heterocycles. The molecule has 1 unspecified atom stereocenters. The van der Waals surface area contributed by atoms with Crippen molar-refractivity contribution in [2.24, 2.45) is 0 Å². The topological polar surface area (TPSA) is 57.5 Å². The van der Waals surface area contributed by atoms with Crippen LogP contribution in [-0.2, 0) is 0 Å². The largest absolute Gasteiger partial charge is 0.478 e. The number of aliphatic hydroxyl groups is 1. The number of carboxylic acids is 1.